The van der Waals surface area contributed by atoms with Crippen molar-refractivity contribution in [2.45, 2.75) is 13.8 Å². The van der Waals surface area contributed by atoms with Gasteiger partial charge in [-0.05, 0) is 25.2 Å². The molecular formula is C17H21N5O2. The number of hydrogen-bond donors (Lipinski definition) is 2. The van der Waals surface area contributed by atoms with Gasteiger partial charge in [0.15, 0.2) is 0 Å². The van der Waals surface area contributed by atoms with Crippen molar-refractivity contribution in [2.24, 2.45) is 0 Å². The molecule has 7 heteroatoms. The number of rotatable bonds is 7. The van der Waals surface area contributed by atoms with Gasteiger partial charge in [0.1, 0.15) is 5.65 Å². The molecule has 0 unspecified atom stereocenters. The number of benzene rings is 1. The zero-order valence-electron chi connectivity index (χ0n) is 13.9. The second kappa shape index (κ2) is 6.84. The maximum Gasteiger partial charge on any atom is 0.270 e. The molecule has 3 aromatic rings. The van der Waals surface area contributed by atoms with E-state index in [1.807, 2.05) is 6.07 Å². The fourth-order valence-corrected chi connectivity index (χ4v) is 2.95. The van der Waals surface area contributed by atoms with Gasteiger partial charge in [0.05, 0.1) is 4.92 Å². The fourth-order valence-electron chi connectivity index (χ4n) is 2.95. The number of pyridine rings is 1. The Kier molecular flexibility index (Phi) is 4.61. The number of nitro benzene ring substituents is 1. The number of aromatic nitrogens is 2. The standard InChI is InChI=1S/C17H21N5O2/c1-3-21(4-2)10-9-18-15-7-8-19-17-16(15)13-11-12(22(23)24)5-6-14(13)20-17/h5-8,11H,3-4,9-10H2,1-2H3,(H2,18,19,20). The van der Waals surface area contributed by atoms with Gasteiger partial charge in [-0.3, -0.25) is 10.1 Å². The van der Waals surface area contributed by atoms with Crippen LogP contribution in [0.25, 0.3) is 21.9 Å². The summed E-state index contributed by atoms with van der Waals surface area (Å²) >= 11 is 0. The van der Waals surface area contributed by atoms with Crippen molar-refractivity contribution >= 4 is 33.3 Å². The third-order valence-corrected chi connectivity index (χ3v) is 4.33. The van der Waals surface area contributed by atoms with E-state index in [2.05, 4.69) is 34.0 Å². The minimum absolute atomic E-state index is 0.0846. The van der Waals surface area contributed by atoms with E-state index in [0.717, 1.165) is 53.8 Å². The predicted octanol–water partition coefficient (Wildman–Crippen LogP) is 3.38. The maximum absolute atomic E-state index is 11.1. The van der Waals surface area contributed by atoms with Crippen molar-refractivity contribution < 1.29 is 4.92 Å². The number of nitrogens with one attached hydrogen (secondary N) is 2. The molecule has 1 aromatic carbocycles. The summed E-state index contributed by atoms with van der Waals surface area (Å²) in [5.74, 6) is 0. The lowest BCUT2D eigenvalue weighted by Crippen LogP contribution is -2.28. The smallest absolute Gasteiger partial charge is 0.270 e. The van der Waals surface area contributed by atoms with Crippen molar-refractivity contribution in [3.63, 3.8) is 0 Å². The average Bonchev–Trinajstić information content (AvgIpc) is 2.97. The molecule has 0 aliphatic carbocycles. The normalized spacial score (nSPS) is 11.5. The summed E-state index contributed by atoms with van der Waals surface area (Å²) in [5, 5.41) is 16.2. The molecule has 0 saturated heterocycles. The van der Waals surface area contributed by atoms with Crippen LogP contribution < -0.4 is 5.32 Å². The number of H-pyrrole nitrogens is 1. The van der Waals surface area contributed by atoms with E-state index in [0.29, 0.717) is 0 Å². The summed E-state index contributed by atoms with van der Waals surface area (Å²) in [6.07, 6.45) is 1.74. The monoisotopic (exact) mass is 327 g/mol. The molecule has 126 valence electrons. The highest BCUT2D eigenvalue weighted by Crippen LogP contribution is 2.32. The first-order valence-corrected chi connectivity index (χ1v) is 8.15. The first-order valence-electron chi connectivity index (χ1n) is 8.15. The van der Waals surface area contributed by atoms with E-state index < -0.39 is 0 Å². The van der Waals surface area contributed by atoms with Crippen LogP contribution in [0.1, 0.15) is 13.8 Å². The lowest BCUT2D eigenvalue weighted by molar-refractivity contribution is -0.384. The van der Waals surface area contributed by atoms with Crippen molar-refractivity contribution in [3.8, 4) is 0 Å². The quantitative estimate of drug-likeness (QED) is 0.513. The minimum Gasteiger partial charge on any atom is -0.383 e. The Labute approximate surface area is 139 Å². The number of non-ortho nitro benzene ring substituents is 1. The molecule has 0 bridgehead atoms. The Balaban J connectivity index is 1.97. The Bertz CT molecular complexity index is 870. The topological polar surface area (TPSA) is 87.1 Å². The van der Waals surface area contributed by atoms with Crippen molar-refractivity contribution in [1.29, 1.82) is 0 Å². The molecule has 3 rings (SSSR count). The molecule has 0 fully saturated rings. The van der Waals surface area contributed by atoms with Gasteiger partial charge in [-0.15, -0.1) is 0 Å². The summed E-state index contributed by atoms with van der Waals surface area (Å²) in [6.45, 7) is 8.08. The summed E-state index contributed by atoms with van der Waals surface area (Å²) in [5.41, 5.74) is 2.61. The highest BCUT2D eigenvalue weighted by Gasteiger charge is 2.14. The molecule has 2 heterocycles. The van der Waals surface area contributed by atoms with E-state index in [1.165, 1.54) is 6.07 Å². The first-order chi connectivity index (χ1) is 11.6. The van der Waals surface area contributed by atoms with Crippen LogP contribution >= 0.6 is 0 Å². The molecular weight excluding hydrogens is 306 g/mol. The number of nitrogens with zero attached hydrogens (tertiary/aromatic N) is 3. The van der Waals surface area contributed by atoms with E-state index in [4.69, 9.17) is 0 Å². The van der Waals surface area contributed by atoms with Crippen LogP contribution in [-0.2, 0) is 0 Å². The van der Waals surface area contributed by atoms with Crippen LogP contribution in [0.15, 0.2) is 30.5 Å². The predicted molar refractivity (Wildman–Crippen MR) is 96.5 cm³/mol. The molecule has 0 saturated carbocycles. The molecule has 0 atom stereocenters. The fraction of sp³-hybridized carbons (Fsp3) is 0.353. The van der Waals surface area contributed by atoms with Gasteiger partial charge in [0.2, 0.25) is 0 Å². The van der Waals surface area contributed by atoms with Gasteiger partial charge in [-0.1, -0.05) is 13.8 Å². The van der Waals surface area contributed by atoms with Gasteiger partial charge in [-0.2, -0.15) is 0 Å². The Morgan fingerprint density at radius 3 is 2.79 bits per heavy atom. The van der Waals surface area contributed by atoms with Crippen LogP contribution in [0, 0.1) is 10.1 Å². The van der Waals surface area contributed by atoms with Gasteiger partial charge in [0.25, 0.3) is 5.69 Å². The largest absolute Gasteiger partial charge is 0.383 e. The molecule has 0 spiro atoms. The molecule has 2 N–H and O–H groups in total. The number of anilines is 1. The average molecular weight is 327 g/mol. The summed E-state index contributed by atoms with van der Waals surface area (Å²) in [7, 11) is 0. The number of fused-ring (bicyclic) bond motifs is 3. The summed E-state index contributed by atoms with van der Waals surface area (Å²) < 4.78 is 0. The van der Waals surface area contributed by atoms with E-state index in [1.54, 1.807) is 18.3 Å². The van der Waals surface area contributed by atoms with Gasteiger partial charge in [0, 0.05) is 53.4 Å². The van der Waals surface area contributed by atoms with Gasteiger partial charge in [-0.25, -0.2) is 4.98 Å². The third kappa shape index (κ3) is 3.03. The number of aromatic amines is 1. The number of hydrogen-bond acceptors (Lipinski definition) is 5. The van der Waals surface area contributed by atoms with Crippen molar-refractivity contribution in [2.75, 3.05) is 31.5 Å². The van der Waals surface area contributed by atoms with E-state index in [-0.39, 0.29) is 10.6 Å². The Morgan fingerprint density at radius 2 is 2.08 bits per heavy atom. The number of nitro groups is 1. The Morgan fingerprint density at radius 1 is 1.29 bits per heavy atom. The summed E-state index contributed by atoms with van der Waals surface area (Å²) in [4.78, 5) is 20.6. The zero-order chi connectivity index (χ0) is 17.1. The SMILES string of the molecule is CCN(CC)CCNc1ccnc2[nH]c3ccc([N+](=O)[O-])cc3c12. The molecule has 0 radical (unpaired) electrons. The third-order valence-electron chi connectivity index (χ3n) is 4.33. The van der Waals surface area contributed by atoms with Crippen LogP contribution in [0.5, 0.6) is 0 Å². The second-order valence-corrected chi connectivity index (χ2v) is 5.65. The summed E-state index contributed by atoms with van der Waals surface area (Å²) in [6, 6.07) is 6.75. The highest BCUT2D eigenvalue weighted by atomic mass is 16.6. The molecule has 24 heavy (non-hydrogen) atoms. The van der Waals surface area contributed by atoms with Crippen molar-refractivity contribution in [3.05, 3.63) is 40.6 Å². The molecule has 0 aliphatic heterocycles. The van der Waals surface area contributed by atoms with Gasteiger partial charge >= 0.3 is 0 Å². The number of likely N-dealkylation sites (N-methyl/N-ethyl adjacent to an activating group) is 1. The maximum atomic E-state index is 11.1. The van der Waals surface area contributed by atoms with Crippen molar-refractivity contribution in [1.82, 2.24) is 14.9 Å². The van der Waals surface area contributed by atoms with Gasteiger partial charge < -0.3 is 15.2 Å². The van der Waals surface area contributed by atoms with Crippen LogP contribution in [0.3, 0.4) is 0 Å². The molecule has 0 amide bonds. The molecule has 7 nitrogen and oxygen atoms in total. The van der Waals surface area contributed by atoms with Crippen LogP contribution in [-0.4, -0.2) is 46.0 Å². The Hall–Kier alpha value is -2.67. The van der Waals surface area contributed by atoms with Crippen LogP contribution in [0.2, 0.25) is 0 Å². The van der Waals surface area contributed by atoms with E-state index >= 15 is 0 Å². The lowest BCUT2D eigenvalue weighted by atomic mass is 10.1. The lowest BCUT2D eigenvalue weighted by Gasteiger charge is -2.18. The molecule has 2 aromatic heterocycles. The van der Waals surface area contributed by atoms with Crippen LogP contribution in [0.4, 0.5) is 11.4 Å². The second-order valence-electron chi connectivity index (χ2n) is 5.65. The highest BCUT2D eigenvalue weighted by molar-refractivity contribution is 6.12. The molecule has 0 aliphatic rings. The first kappa shape index (κ1) is 16.2. The minimum atomic E-state index is -0.373. The van der Waals surface area contributed by atoms with E-state index in [9.17, 15) is 10.1 Å². The zero-order valence-corrected chi connectivity index (χ0v) is 13.9.